The van der Waals surface area contributed by atoms with E-state index < -0.39 is 10.0 Å². The van der Waals surface area contributed by atoms with E-state index in [1.54, 1.807) is 29.3 Å². The molecule has 0 radical (unpaired) electrons. The number of hydrogen-bond donors (Lipinski definition) is 1. The standard InChI is InChI=1S/C22H21N3O3S2/c1-15-6-3-8-17(12-15)20-14-19(23-25(20)22(26)21-10-5-11-29-21)16-7-4-9-18(13-16)24-30(2,27)28/h3-13,20,24H,14H2,1-2H3/t20-/m1/s1. The minimum Gasteiger partial charge on any atom is -0.284 e. The average molecular weight is 440 g/mol. The van der Waals surface area contributed by atoms with Gasteiger partial charge in [-0.3, -0.25) is 9.52 Å². The van der Waals surface area contributed by atoms with Crippen molar-refractivity contribution < 1.29 is 13.2 Å². The summed E-state index contributed by atoms with van der Waals surface area (Å²) in [5, 5.41) is 8.09. The van der Waals surface area contributed by atoms with E-state index in [1.165, 1.54) is 11.3 Å². The molecule has 0 bridgehead atoms. The summed E-state index contributed by atoms with van der Waals surface area (Å²) < 4.78 is 25.7. The molecule has 0 fully saturated rings. The highest BCUT2D eigenvalue weighted by Gasteiger charge is 2.34. The zero-order chi connectivity index (χ0) is 21.3. The minimum atomic E-state index is -3.38. The third-order valence-corrected chi connectivity index (χ3v) is 6.24. The normalized spacial score (nSPS) is 16.4. The van der Waals surface area contributed by atoms with Gasteiger partial charge in [0.2, 0.25) is 10.0 Å². The molecule has 0 saturated carbocycles. The maximum atomic E-state index is 13.1. The zero-order valence-corrected chi connectivity index (χ0v) is 18.2. The minimum absolute atomic E-state index is 0.142. The van der Waals surface area contributed by atoms with Crippen LogP contribution in [-0.2, 0) is 10.0 Å². The van der Waals surface area contributed by atoms with Crippen LogP contribution in [0.4, 0.5) is 5.69 Å². The molecule has 154 valence electrons. The number of amides is 1. The Bertz CT molecular complexity index is 1220. The molecule has 1 amide bonds. The number of hydrogen-bond acceptors (Lipinski definition) is 5. The highest BCUT2D eigenvalue weighted by molar-refractivity contribution is 7.92. The van der Waals surface area contributed by atoms with Crippen LogP contribution in [0.25, 0.3) is 0 Å². The molecular weight excluding hydrogens is 418 g/mol. The van der Waals surface area contributed by atoms with Crippen molar-refractivity contribution in [1.82, 2.24) is 5.01 Å². The lowest BCUT2D eigenvalue weighted by Gasteiger charge is -2.21. The Morgan fingerprint density at radius 2 is 1.93 bits per heavy atom. The number of nitrogens with zero attached hydrogens (tertiary/aromatic N) is 2. The van der Waals surface area contributed by atoms with Crippen molar-refractivity contribution in [2.24, 2.45) is 5.10 Å². The van der Waals surface area contributed by atoms with Crippen molar-refractivity contribution in [3.8, 4) is 0 Å². The lowest BCUT2D eigenvalue weighted by Crippen LogP contribution is -2.26. The molecule has 6 nitrogen and oxygen atoms in total. The number of benzene rings is 2. The van der Waals surface area contributed by atoms with Crippen LogP contribution in [0.15, 0.2) is 71.1 Å². The SMILES string of the molecule is Cc1cccc([C@H]2CC(c3cccc(NS(C)(=O)=O)c3)=NN2C(=O)c2cccs2)c1. The van der Waals surface area contributed by atoms with Gasteiger partial charge < -0.3 is 0 Å². The first kappa shape index (κ1) is 20.3. The van der Waals surface area contributed by atoms with Crippen LogP contribution in [0.2, 0.25) is 0 Å². The molecule has 8 heteroatoms. The number of carbonyl (C=O) groups is 1. The number of nitrogens with one attached hydrogen (secondary N) is 1. The van der Waals surface area contributed by atoms with Crippen LogP contribution in [0.1, 0.15) is 38.8 Å². The fourth-order valence-corrected chi connectivity index (χ4v) is 4.71. The molecule has 1 aromatic heterocycles. The van der Waals surface area contributed by atoms with Gasteiger partial charge >= 0.3 is 0 Å². The van der Waals surface area contributed by atoms with E-state index in [2.05, 4.69) is 15.9 Å². The topological polar surface area (TPSA) is 78.8 Å². The van der Waals surface area contributed by atoms with Crippen LogP contribution in [0.3, 0.4) is 0 Å². The Hall–Kier alpha value is -2.97. The molecule has 1 aliphatic rings. The number of anilines is 1. The number of sulfonamides is 1. The van der Waals surface area contributed by atoms with Gasteiger partial charge in [0, 0.05) is 12.1 Å². The molecule has 0 saturated heterocycles. The average Bonchev–Trinajstić information content (AvgIpc) is 3.37. The summed E-state index contributed by atoms with van der Waals surface area (Å²) in [5.41, 5.74) is 4.12. The predicted octanol–water partition coefficient (Wildman–Crippen LogP) is 4.42. The van der Waals surface area contributed by atoms with Crippen molar-refractivity contribution in [2.75, 3.05) is 11.0 Å². The quantitative estimate of drug-likeness (QED) is 0.639. The summed E-state index contributed by atoms with van der Waals surface area (Å²) in [5.74, 6) is -0.142. The third kappa shape index (κ3) is 4.44. The number of thiophene rings is 1. The molecule has 3 aromatic rings. The highest BCUT2D eigenvalue weighted by atomic mass is 32.2. The summed E-state index contributed by atoms with van der Waals surface area (Å²) in [4.78, 5) is 13.8. The molecule has 4 rings (SSSR count). The highest BCUT2D eigenvalue weighted by Crippen LogP contribution is 2.35. The van der Waals surface area contributed by atoms with E-state index in [0.717, 1.165) is 28.7 Å². The molecule has 1 N–H and O–H groups in total. The second-order valence-electron chi connectivity index (χ2n) is 7.26. The molecule has 0 unspecified atom stereocenters. The Morgan fingerprint density at radius 3 is 2.63 bits per heavy atom. The first-order valence-electron chi connectivity index (χ1n) is 9.39. The van der Waals surface area contributed by atoms with Crippen molar-refractivity contribution in [2.45, 2.75) is 19.4 Å². The zero-order valence-electron chi connectivity index (χ0n) is 16.6. The second-order valence-corrected chi connectivity index (χ2v) is 9.96. The summed E-state index contributed by atoms with van der Waals surface area (Å²) in [7, 11) is -3.38. The van der Waals surface area contributed by atoms with Gasteiger partial charge in [0.1, 0.15) is 0 Å². The molecule has 0 spiro atoms. The van der Waals surface area contributed by atoms with E-state index in [-0.39, 0.29) is 11.9 Å². The van der Waals surface area contributed by atoms with Crippen LogP contribution < -0.4 is 4.72 Å². The fourth-order valence-electron chi connectivity index (χ4n) is 3.50. The Morgan fingerprint density at radius 1 is 1.13 bits per heavy atom. The molecule has 2 aromatic carbocycles. The first-order valence-corrected chi connectivity index (χ1v) is 12.2. The van der Waals surface area contributed by atoms with E-state index in [1.807, 2.05) is 42.6 Å². The number of carbonyl (C=O) groups excluding carboxylic acids is 1. The van der Waals surface area contributed by atoms with Gasteiger partial charge in [-0.2, -0.15) is 5.10 Å². The van der Waals surface area contributed by atoms with Crippen molar-refractivity contribution >= 4 is 38.7 Å². The van der Waals surface area contributed by atoms with Gasteiger partial charge in [-0.05, 0) is 41.6 Å². The monoisotopic (exact) mass is 439 g/mol. The molecule has 30 heavy (non-hydrogen) atoms. The summed E-state index contributed by atoms with van der Waals surface area (Å²) in [6.07, 6.45) is 1.66. The molecule has 1 aliphatic heterocycles. The first-order chi connectivity index (χ1) is 14.3. The van der Waals surface area contributed by atoms with E-state index >= 15 is 0 Å². The largest absolute Gasteiger partial charge is 0.284 e. The van der Waals surface area contributed by atoms with Crippen LogP contribution in [0.5, 0.6) is 0 Å². The van der Waals surface area contributed by atoms with Crippen LogP contribution >= 0.6 is 11.3 Å². The summed E-state index contributed by atoms with van der Waals surface area (Å²) in [6.45, 7) is 2.02. The van der Waals surface area contributed by atoms with Gasteiger partial charge in [-0.25, -0.2) is 13.4 Å². The van der Waals surface area contributed by atoms with Crippen LogP contribution in [0, 0.1) is 6.92 Å². The Labute approximate surface area is 179 Å². The van der Waals surface area contributed by atoms with E-state index in [0.29, 0.717) is 17.0 Å². The van der Waals surface area contributed by atoms with Crippen molar-refractivity contribution in [3.05, 3.63) is 87.6 Å². The van der Waals surface area contributed by atoms with E-state index in [4.69, 9.17) is 0 Å². The van der Waals surface area contributed by atoms with Gasteiger partial charge in [0.15, 0.2) is 0 Å². The Kier molecular flexibility index (Phi) is 5.44. The van der Waals surface area contributed by atoms with Gasteiger partial charge in [-0.1, -0.05) is 48.0 Å². The molecule has 1 atom stereocenters. The summed E-state index contributed by atoms with van der Waals surface area (Å²) >= 11 is 1.39. The molecule has 0 aliphatic carbocycles. The van der Waals surface area contributed by atoms with Crippen molar-refractivity contribution in [1.29, 1.82) is 0 Å². The number of rotatable bonds is 5. The molecule has 2 heterocycles. The number of hydrazone groups is 1. The van der Waals surface area contributed by atoms with E-state index in [9.17, 15) is 13.2 Å². The van der Waals surface area contributed by atoms with Gasteiger partial charge in [-0.15, -0.1) is 11.3 Å². The lowest BCUT2D eigenvalue weighted by molar-refractivity contribution is 0.0716. The predicted molar refractivity (Wildman–Crippen MR) is 120 cm³/mol. The smallest absolute Gasteiger partial charge is 0.284 e. The maximum absolute atomic E-state index is 13.1. The summed E-state index contributed by atoms with van der Waals surface area (Å²) in [6, 6.07) is 18.6. The third-order valence-electron chi connectivity index (χ3n) is 4.78. The van der Waals surface area contributed by atoms with Crippen LogP contribution in [-0.4, -0.2) is 31.3 Å². The second kappa shape index (κ2) is 8.04. The van der Waals surface area contributed by atoms with Gasteiger partial charge in [0.25, 0.3) is 5.91 Å². The van der Waals surface area contributed by atoms with Crippen molar-refractivity contribution in [3.63, 3.8) is 0 Å². The molecular formula is C22H21N3O3S2. The Balaban J connectivity index is 1.72. The maximum Gasteiger partial charge on any atom is 0.284 e. The van der Waals surface area contributed by atoms with Gasteiger partial charge in [0.05, 0.1) is 22.9 Å². The fraction of sp³-hybridized carbons (Fsp3) is 0.182. The number of aryl methyl sites for hydroxylation is 1. The lowest BCUT2D eigenvalue weighted by atomic mass is 9.97.